The number of aryl methyl sites for hydroxylation is 1. The predicted octanol–water partition coefficient (Wildman–Crippen LogP) is 6.18. The molecule has 0 aliphatic rings. The Morgan fingerprint density at radius 1 is 1.20 bits per heavy atom. The van der Waals surface area contributed by atoms with Gasteiger partial charge in [0.15, 0.2) is 0 Å². The summed E-state index contributed by atoms with van der Waals surface area (Å²) >= 11 is 3.28. The van der Waals surface area contributed by atoms with E-state index in [0.717, 1.165) is 6.07 Å². The number of aliphatic imine (C=N–C) groups is 1. The van der Waals surface area contributed by atoms with Crippen LogP contribution in [0.2, 0.25) is 0 Å². The molecule has 0 amide bonds. The third-order valence-electron chi connectivity index (χ3n) is 3.55. The van der Waals surface area contributed by atoms with Crippen molar-refractivity contribution < 1.29 is 17.9 Å². The molecule has 0 fully saturated rings. The minimum atomic E-state index is -4.55. The van der Waals surface area contributed by atoms with Crippen molar-refractivity contribution in [1.29, 1.82) is 0 Å². The van der Waals surface area contributed by atoms with Crippen molar-refractivity contribution in [3.8, 4) is 11.5 Å². The first kappa shape index (κ1) is 19.3. The predicted molar refractivity (Wildman–Crippen MR) is 96.9 cm³/mol. The molecule has 2 aromatic carbocycles. The van der Waals surface area contributed by atoms with Gasteiger partial charge < -0.3 is 9.64 Å². The molecule has 0 aliphatic carbocycles. The average Bonchev–Trinajstić information content (AvgIpc) is 2.54. The highest BCUT2D eigenvalue weighted by Crippen LogP contribution is 2.42. The van der Waals surface area contributed by atoms with Crippen molar-refractivity contribution in [2.45, 2.75) is 20.0 Å². The second kappa shape index (κ2) is 7.91. The van der Waals surface area contributed by atoms with Crippen molar-refractivity contribution in [2.75, 3.05) is 13.6 Å². The van der Waals surface area contributed by atoms with Crippen LogP contribution < -0.4 is 4.74 Å². The molecule has 0 N–H and O–H groups in total. The van der Waals surface area contributed by atoms with Crippen molar-refractivity contribution in [3.05, 3.63) is 52.0 Å². The van der Waals surface area contributed by atoms with E-state index in [4.69, 9.17) is 4.74 Å². The summed E-state index contributed by atoms with van der Waals surface area (Å²) in [6.07, 6.45) is -3.04. The van der Waals surface area contributed by atoms with E-state index in [2.05, 4.69) is 20.9 Å². The van der Waals surface area contributed by atoms with Crippen LogP contribution in [0.4, 0.5) is 18.9 Å². The Labute approximate surface area is 153 Å². The highest BCUT2D eigenvalue weighted by molar-refractivity contribution is 9.10. The van der Waals surface area contributed by atoms with Crippen LogP contribution >= 0.6 is 15.9 Å². The van der Waals surface area contributed by atoms with Crippen molar-refractivity contribution in [2.24, 2.45) is 4.99 Å². The lowest BCUT2D eigenvalue weighted by Crippen LogP contribution is -2.14. The topological polar surface area (TPSA) is 24.8 Å². The van der Waals surface area contributed by atoms with Crippen LogP contribution in [0.5, 0.6) is 11.5 Å². The maximum atomic E-state index is 13.5. The smallest absolute Gasteiger partial charge is 0.420 e. The maximum absolute atomic E-state index is 13.5. The summed E-state index contributed by atoms with van der Waals surface area (Å²) in [7, 11) is 1.80. The summed E-state index contributed by atoms with van der Waals surface area (Å²) in [5.41, 5.74) is -0.0111. The van der Waals surface area contributed by atoms with Gasteiger partial charge in [-0.3, -0.25) is 0 Å². The van der Waals surface area contributed by atoms with Crippen LogP contribution in [-0.4, -0.2) is 24.8 Å². The molecule has 7 heteroatoms. The van der Waals surface area contributed by atoms with Gasteiger partial charge in [0.2, 0.25) is 0 Å². The largest absolute Gasteiger partial charge is 0.456 e. The molecule has 2 rings (SSSR count). The molecule has 0 unspecified atom stereocenters. The molecule has 2 aromatic rings. The molecule has 0 spiro atoms. The van der Waals surface area contributed by atoms with Crippen LogP contribution in [0.25, 0.3) is 0 Å². The fraction of sp³-hybridized carbons (Fsp3) is 0.278. The third kappa shape index (κ3) is 4.98. The number of halogens is 4. The summed E-state index contributed by atoms with van der Waals surface area (Å²) in [4.78, 5) is 5.93. The monoisotopic (exact) mass is 414 g/mol. The summed E-state index contributed by atoms with van der Waals surface area (Å²) in [6, 6.07) is 9.13. The van der Waals surface area contributed by atoms with E-state index >= 15 is 0 Å². The summed E-state index contributed by atoms with van der Waals surface area (Å²) < 4.78 is 46.5. The second-order valence-electron chi connectivity index (χ2n) is 5.48. The average molecular weight is 415 g/mol. The van der Waals surface area contributed by atoms with Gasteiger partial charge in [0.05, 0.1) is 16.5 Å². The molecular formula is C18H18BrF3N2O. The molecule has 0 bridgehead atoms. The summed E-state index contributed by atoms with van der Waals surface area (Å²) in [6.45, 7) is 4.33. The van der Waals surface area contributed by atoms with Crippen molar-refractivity contribution in [1.82, 2.24) is 4.90 Å². The normalized spacial score (nSPS) is 11.8. The minimum Gasteiger partial charge on any atom is -0.456 e. The molecule has 0 radical (unpaired) electrons. The molecule has 25 heavy (non-hydrogen) atoms. The zero-order valence-corrected chi connectivity index (χ0v) is 15.6. The van der Waals surface area contributed by atoms with Gasteiger partial charge in [0.25, 0.3) is 0 Å². The molecule has 0 saturated heterocycles. The van der Waals surface area contributed by atoms with E-state index in [9.17, 15) is 13.2 Å². The molecular weight excluding hydrogens is 397 g/mol. The highest BCUT2D eigenvalue weighted by atomic mass is 79.9. The number of ether oxygens (including phenoxy) is 1. The third-order valence-corrected chi connectivity index (χ3v) is 4.21. The minimum absolute atomic E-state index is 0.250. The Balaban J connectivity index is 2.48. The van der Waals surface area contributed by atoms with Crippen LogP contribution in [0.1, 0.15) is 18.1 Å². The fourth-order valence-electron chi connectivity index (χ4n) is 2.00. The molecule has 0 heterocycles. The number of hydrogen-bond donors (Lipinski definition) is 0. The number of alkyl halides is 3. The molecule has 0 saturated carbocycles. The molecule has 0 aromatic heterocycles. The summed E-state index contributed by atoms with van der Waals surface area (Å²) in [5, 5.41) is 0. The van der Waals surface area contributed by atoms with E-state index in [-0.39, 0.29) is 11.4 Å². The van der Waals surface area contributed by atoms with Gasteiger partial charge in [-0.15, -0.1) is 0 Å². The number of para-hydroxylation sites is 1. The van der Waals surface area contributed by atoms with Gasteiger partial charge in [-0.05, 0) is 59.6 Å². The highest BCUT2D eigenvalue weighted by Gasteiger charge is 2.35. The van der Waals surface area contributed by atoms with Crippen LogP contribution in [0.3, 0.4) is 0 Å². The fourth-order valence-corrected chi connectivity index (χ4v) is 2.37. The first-order valence-corrected chi connectivity index (χ1v) is 8.40. The molecule has 0 aliphatic heterocycles. The van der Waals surface area contributed by atoms with Gasteiger partial charge in [-0.1, -0.05) is 12.1 Å². The van der Waals surface area contributed by atoms with Crippen LogP contribution in [0.15, 0.2) is 45.9 Å². The SMILES string of the molecule is CCN(C)/C=N\c1cc(C(F)(F)F)c(Oc2ccccc2Br)cc1C. The number of benzene rings is 2. The second-order valence-corrected chi connectivity index (χ2v) is 6.34. The van der Waals surface area contributed by atoms with Gasteiger partial charge in [0.1, 0.15) is 17.1 Å². The van der Waals surface area contributed by atoms with E-state index in [0.29, 0.717) is 22.3 Å². The number of rotatable bonds is 5. The van der Waals surface area contributed by atoms with Gasteiger partial charge in [-0.25, -0.2) is 4.99 Å². The zero-order chi connectivity index (χ0) is 18.6. The van der Waals surface area contributed by atoms with Gasteiger partial charge in [-0.2, -0.15) is 13.2 Å². The van der Waals surface area contributed by atoms with Crippen molar-refractivity contribution in [3.63, 3.8) is 0 Å². The zero-order valence-electron chi connectivity index (χ0n) is 14.1. The lowest BCUT2D eigenvalue weighted by Gasteiger charge is -2.17. The van der Waals surface area contributed by atoms with E-state index in [1.165, 1.54) is 12.4 Å². The number of nitrogens with zero attached hydrogens (tertiary/aromatic N) is 2. The Bertz CT molecular complexity index is 775. The Morgan fingerprint density at radius 3 is 2.48 bits per heavy atom. The Hall–Kier alpha value is -2.02. The van der Waals surface area contributed by atoms with E-state index < -0.39 is 11.7 Å². The Kier molecular flexibility index (Phi) is 6.11. The molecule has 3 nitrogen and oxygen atoms in total. The van der Waals surface area contributed by atoms with Gasteiger partial charge >= 0.3 is 6.18 Å². The van der Waals surface area contributed by atoms with Crippen LogP contribution in [-0.2, 0) is 6.18 Å². The van der Waals surface area contributed by atoms with Crippen molar-refractivity contribution >= 4 is 28.0 Å². The maximum Gasteiger partial charge on any atom is 0.420 e. The first-order valence-electron chi connectivity index (χ1n) is 7.61. The number of hydrogen-bond acceptors (Lipinski definition) is 2. The van der Waals surface area contributed by atoms with Gasteiger partial charge in [0, 0.05) is 13.6 Å². The molecule has 0 atom stereocenters. The standard InChI is InChI=1S/C18H18BrF3N2O/c1-4-24(3)11-23-15-10-13(18(20,21)22)17(9-12(15)2)25-16-8-6-5-7-14(16)19/h5-11H,4H2,1-3H3/b23-11-. The first-order chi connectivity index (χ1) is 11.7. The molecule has 134 valence electrons. The van der Waals surface area contributed by atoms with E-state index in [1.54, 1.807) is 43.1 Å². The Morgan fingerprint density at radius 2 is 1.88 bits per heavy atom. The lowest BCUT2D eigenvalue weighted by atomic mass is 10.1. The van der Waals surface area contributed by atoms with E-state index in [1.807, 2.05) is 6.92 Å². The summed E-state index contributed by atoms with van der Waals surface area (Å²) in [5.74, 6) is 0.0639. The van der Waals surface area contributed by atoms with Crippen LogP contribution in [0, 0.1) is 6.92 Å². The lowest BCUT2D eigenvalue weighted by molar-refractivity contribution is -0.138. The quantitative estimate of drug-likeness (QED) is 0.430.